The van der Waals surface area contributed by atoms with Gasteiger partial charge in [-0.05, 0) is 44.8 Å². The second kappa shape index (κ2) is 7.67. The SMILES string of the molecule is CNc1snc(C)c1C(=O)OCC(=O)c1cc(C)n([C@H]2CCS(=O)(=O)C2)c1C. The number of rotatable bonds is 6. The molecule has 1 fully saturated rings. The number of sulfone groups is 1. The van der Waals surface area contributed by atoms with Gasteiger partial charge < -0.3 is 14.6 Å². The molecule has 0 amide bonds. The quantitative estimate of drug-likeness (QED) is 0.559. The number of hydrogen-bond donors (Lipinski definition) is 1. The van der Waals surface area contributed by atoms with E-state index in [0.717, 1.165) is 17.2 Å². The Morgan fingerprint density at radius 2 is 2.07 bits per heavy atom. The van der Waals surface area contributed by atoms with Gasteiger partial charge in [-0.15, -0.1) is 0 Å². The van der Waals surface area contributed by atoms with Crippen LogP contribution in [-0.4, -0.2) is 54.3 Å². The van der Waals surface area contributed by atoms with E-state index in [9.17, 15) is 18.0 Å². The highest BCUT2D eigenvalue weighted by molar-refractivity contribution is 7.91. The van der Waals surface area contributed by atoms with Crippen molar-refractivity contribution in [1.29, 1.82) is 0 Å². The van der Waals surface area contributed by atoms with Crippen LogP contribution < -0.4 is 5.32 Å². The first-order valence-corrected chi connectivity index (χ1v) is 11.5. The first-order chi connectivity index (χ1) is 13.1. The zero-order valence-electron chi connectivity index (χ0n) is 16.2. The third-order valence-electron chi connectivity index (χ3n) is 4.99. The third kappa shape index (κ3) is 3.83. The Kier molecular flexibility index (Phi) is 5.62. The van der Waals surface area contributed by atoms with Gasteiger partial charge in [-0.3, -0.25) is 4.79 Å². The number of carbonyl (C=O) groups is 2. The summed E-state index contributed by atoms with van der Waals surface area (Å²) in [6, 6.07) is 1.57. The van der Waals surface area contributed by atoms with Gasteiger partial charge in [0.25, 0.3) is 0 Å². The van der Waals surface area contributed by atoms with Crippen molar-refractivity contribution in [3.05, 3.63) is 34.3 Å². The fourth-order valence-corrected chi connectivity index (χ4v) is 6.10. The number of aryl methyl sites for hydroxylation is 2. The summed E-state index contributed by atoms with van der Waals surface area (Å²) in [5.41, 5.74) is 2.85. The zero-order chi connectivity index (χ0) is 20.6. The monoisotopic (exact) mass is 425 g/mol. The number of anilines is 1. The van der Waals surface area contributed by atoms with Crippen LogP contribution in [0.5, 0.6) is 0 Å². The highest BCUT2D eigenvalue weighted by Gasteiger charge is 2.32. The molecule has 3 rings (SSSR count). The predicted molar refractivity (Wildman–Crippen MR) is 107 cm³/mol. The van der Waals surface area contributed by atoms with Crippen molar-refractivity contribution in [3.63, 3.8) is 0 Å². The molecule has 0 unspecified atom stereocenters. The first kappa shape index (κ1) is 20.5. The van der Waals surface area contributed by atoms with Crippen molar-refractivity contribution in [2.24, 2.45) is 0 Å². The number of aromatic nitrogens is 2. The van der Waals surface area contributed by atoms with E-state index in [4.69, 9.17) is 4.74 Å². The van der Waals surface area contributed by atoms with Crippen LogP contribution in [0.1, 0.15) is 50.3 Å². The fraction of sp³-hybridized carbons (Fsp3) is 0.500. The van der Waals surface area contributed by atoms with Gasteiger partial charge in [0, 0.05) is 30.0 Å². The van der Waals surface area contributed by atoms with Crippen molar-refractivity contribution < 1.29 is 22.7 Å². The van der Waals surface area contributed by atoms with Crippen LogP contribution in [0.2, 0.25) is 0 Å². The smallest absolute Gasteiger partial charge is 0.343 e. The minimum Gasteiger partial charge on any atom is -0.454 e. The van der Waals surface area contributed by atoms with E-state index in [2.05, 4.69) is 9.69 Å². The molecule has 1 aliphatic rings. The molecule has 1 aliphatic heterocycles. The molecule has 0 aliphatic carbocycles. The number of ketones is 1. The van der Waals surface area contributed by atoms with Gasteiger partial charge in [-0.2, -0.15) is 4.37 Å². The molecule has 2 aromatic heterocycles. The van der Waals surface area contributed by atoms with Gasteiger partial charge in [0.2, 0.25) is 5.78 Å². The zero-order valence-corrected chi connectivity index (χ0v) is 17.9. The van der Waals surface area contributed by atoms with Crippen LogP contribution >= 0.6 is 11.5 Å². The lowest BCUT2D eigenvalue weighted by atomic mass is 10.1. The molecular weight excluding hydrogens is 402 g/mol. The summed E-state index contributed by atoms with van der Waals surface area (Å²) >= 11 is 1.16. The summed E-state index contributed by atoms with van der Waals surface area (Å²) in [6.45, 7) is 4.96. The molecule has 0 aromatic carbocycles. The molecule has 28 heavy (non-hydrogen) atoms. The van der Waals surface area contributed by atoms with E-state index in [0.29, 0.717) is 33.9 Å². The second-order valence-electron chi connectivity index (χ2n) is 6.93. The summed E-state index contributed by atoms with van der Waals surface area (Å²) in [6.07, 6.45) is 0.540. The van der Waals surface area contributed by atoms with Gasteiger partial charge >= 0.3 is 5.97 Å². The number of ether oxygens (including phenoxy) is 1. The topological polar surface area (TPSA) is 107 Å². The van der Waals surface area contributed by atoms with E-state index in [1.807, 2.05) is 11.5 Å². The van der Waals surface area contributed by atoms with Crippen LogP contribution in [0.25, 0.3) is 0 Å². The normalized spacial score (nSPS) is 18.2. The Bertz CT molecular complexity index is 1040. The molecule has 152 valence electrons. The number of hydrogen-bond acceptors (Lipinski definition) is 8. The van der Waals surface area contributed by atoms with Crippen LogP contribution in [0.4, 0.5) is 5.00 Å². The third-order valence-corrected chi connectivity index (χ3v) is 7.69. The number of nitrogens with zero attached hydrogens (tertiary/aromatic N) is 2. The second-order valence-corrected chi connectivity index (χ2v) is 9.94. The maximum absolute atomic E-state index is 12.6. The van der Waals surface area contributed by atoms with Gasteiger partial charge in [-0.1, -0.05) is 0 Å². The molecule has 1 N–H and O–H groups in total. The number of carbonyl (C=O) groups excluding carboxylic acids is 2. The molecule has 0 saturated carbocycles. The van der Waals surface area contributed by atoms with Gasteiger partial charge in [-0.25, -0.2) is 13.2 Å². The average molecular weight is 426 g/mol. The van der Waals surface area contributed by atoms with E-state index >= 15 is 0 Å². The van der Waals surface area contributed by atoms with Crippen molar-refractivity contribution in [2.75, 3.05) is 30.5 Å². The maximum atomic E-state index is 12.6. The number of nitrogens with one attached hydrogen (secondary N) is 1. The van der Waals surface area contributed by atoms with Gasteiger partial charge in [0.15, 0.2) is 16.4 Å². The average Bonchev–Trinajstić information content (AvgIpc) is 3.27. The summed E-state index contributed by atoms with van der Waals surface area (Å²) < 4.78 is 34.9. The number of Topliss-reactive ketones (excluding diaryl/α,β-unsaturated/α-hetero) is 1. The van der Waals surface area contributed by atoms with E-state index < -0.39 is 15.8 Å². The molecule has 3 heterocycles. The molecule has 0 bridgehead atoms. The van der Waals surface area contributed by atoms with Crippen molar-refractivity contribution >= 4 is 38.1 Å². The summed E-state index contributed by atoms with van der Waals surface area (Å²) in [5, 5.41) is 3.49. The minimum atomic E-state index is -3.03. The standard InChI is InChI=1S/C18H23N3O5S2/c1-10-7-14(12(3)21(10)13-5-6-28(24,25)9-13)15(22)8-26-18(23)16-11(2)20-27-17(16)19-4/h7,13,19H,5-6,8-9H2,1-4H3/t13-/m0/s1. The Morgan fingerprint density at radius 1 is 1.36 bits per heavy atom. The molecule has 8 nitrogen and oxygen atoms in total. The van der Waals surface area contributed by atoms with Crippen molar-refractivity contribution in [2.45, 2.75) is 33.2 Å². The molecule has 0 spiro atoms. The maximum Gasteiger partial charge on any atom is 0.343 e. The van der Waals surface area contributed by atoms with Crippen LogP contribution in [0.15, 0.2) is 6.07 Å². The Labute approximate surface area is 168 Å². The lowest BCUT2D eigenvalue weighted by molar-refractivity contribution is 0.0475. The molecule has 0 radical (unpaired) electrons. The number of esters is 1. The van der Waals surface area contributed by atoms with E-state index in [-0.39, 0.29) is 29.9 Å². The molecule has 1 saturated heterocycles. The summed E-state index contributed by atoms with van der Waals surface area (Å²) in [7, 11) is -1.34. The summed E-state index contributed by atoms with van der Waals surface area (Å²) in [4.78, 5) is 25.0. The molecule has 1 atom stereocenters. The summed E-state index contributed by atoms with van der Waals surface area (Å²) in [5.74, 6) is -0.666. The molecule has 10 heteroatoms. The van der Waals surface area contributed by atoms with Gasteiger partial charge in [0.05, 0.1) is 17.2 Å². The fourth-order valence-electron chi connectivity index (χ4n) is 3.66. The Balaban J connectivity index is 1.74. The minimum absolute atomic E-state index is 0.0865. The van der Waals surface area contributed by atoms with E-state index in [1.54, 1.807) is 27.0 Å². The largest absolute Gasteiger partial charge is 0.454 e. The van der Waals surface area contributed by atoms with Crippen molar-refractivity contribution in [3.8, 4) is 0 Å². The lowest BCUT2D eigenvalue weighted by Crippen LogP contribution is -2.17. The highest BCUT2D eigenvalue weighted by atomic mass is 32.2. The Morgan fingerprint density at radius 3 is 2.68 bits per heavy atom. The predicted octanol–water partition coefficient (Wildman–Crippen LogP) is 2.31. The van der Waals surface area contributed by atoms with E-state index in [1.165, 1.54) is 0 Å². The van der Waals surface area contributed by atoms with Gasteiger partial charge in [0.1, 0.15) is 10.6 Å². The lowest BCUT2D eigenvalue weighted by Gasteiger charge is -2.16. The molecule has 2 aromatic rings. The van der Waals surface area contributed by atoms with Crippen molar-refractivity contribution in [1.82, 2.24) is 8.94 Å². The molecular formula is C18H23N3O5S2. The van der Waals surface area contributed by atoms with Crippen LogP contribution in [0, 0.1) is 20.8 Å². The highest BCUT2D eigenvalue weighted by Crippen LogP contribution is 2.29. The first-order valence-electron chi connectivity index (χ1n) is 8.87. The van der Waals surface area contributed by atoms with Crippen LogP contribution in [0.3, 0.4) is 0 Å². The van der Waals surface area contributed by atoms with Crippen LogP contribution in [-0.2, 0) is 14.6 Å². The Hall–Kier alpha value is -2.20.